The first kappa shape index (κ1) is 15.5. The molecular weight excluding hydrogens is 246 g/mol. The lowest BCUT2D eigenvalue weighted by molar-refractivity contribution is 0.273. The third-order valence-electron chi connectivity index (χ3n) is 4.38. The molecule has 0 radical (unpaired) electrons. The number of pyridine rings is 1. The van der Waals surface area contributed by atoms with E-state index in [9.17, 15) is 0 Å². The molecule has 112 valence electrons. The number of aromatic nitrogens is 1. The Bertz CT molecular complexity index is 405. The highest BCUT2D eigenvalue weighted by molar-refractivity contribution is 5.09. The van der Waals surface area contributed by atoms with Gasteiger partial charge in [0.25, 0.3) is 0 Å². The zero-order valence-corrected chi connectivity index (χ0v) is 13.2. The summed E-state index contributed by atoms with van der Waals surface area (Å²) in [5, 5.41) is 3.64. The van der Waals surface area contributed by atoms with Crippen molar-refractivity contribution >= 4 is 0 Å². The van der Waals surface area contributed by atoms with Crippen molar-refractivity contribution in [3.05, 3.63) is 29.6 Å². The van der Waals surface area contributed by atoms with Gasteiger partial charge < -0.3 is 10.2 Å². The van der Waals surface area contributed by atoms with Crippen LogP contribution in [0.5, 0.6) is 0 Å². The second-order valence-corrected chi connectivity index (χ2v) is 6.15. The van der Waals surface area contributed by atoms with Crippen molar-refractivity contribution in [1.29, 1.82) is 0 Å². The number of nitrogens with zero attached hydrogens (tertiary/aromatic N) is 2. The molecule has 0 saturated heterocycles. The standard InChI is InChI=1S/C17H29N3/c1-4-18-17-10-6-8-15(17)11-12-20(3)13-16-9-5-7-14(2)19-16/h5,7,9,15,17-18H,4,6,8,10-13H2,1-3H3. The molecule has 2 atom stereocenters. The van der Waals surface area contributed by atoms with Gasteiger partial charge in [0.2, 0.25) is 0 Å². The largest absolute Gasteiger partial charge is 0.314 e. The molecule has 3 heteroatoms. The van der Waals surface area contributed by atoms with Gasteiger partial charge in [-0.05, 0) is 64.4 Å². The number of rotatable bonds is 7. The number of aryl methyl sites for hydroxylation is 1. The lowest BCUT2D eigenvalue weighted by atomic mass is 9.99. The van der Waals surface area contributed by atoms with Gasteiger partial charge in [-0.2, -0.15) is 0 Å². The van der Waals surface area contributed by atoms with Crippen LogP contribution >= 0.6 is 0 Å². The molecule has 2 rings (SSSR count). The van der Waals surface area contributed by atoms with E-state index >= 15 is 0 Å². The van der Waals surface area contributed by atoms with E-state index in [4.69, 9.17) is 0 Å². The average molecular weight is 275 g/mol. The van der Waals surface area contributed by atoms with E-state index in [-0.39, 0.29) is 0 Å². The third kappa shape index (κ3) is 4.57. The van der Waals surface area contributed by atoms with Crippen LogP contribution in [-0.2, 0) is 6.54 Å². The van der Waals surface area contributed by atoms with Gasteiger partial charge in [0, 0.05) is 18.3 Å². The van der Waals surface area contributed by atoms with E-state index in [1.54, 1.807) is 0 Å². The summed E-state index contributed by atoms with van der Waals surface area (Å²) >= 11 is 0. The summed E-state index contributed by atoms with van der Waals surface area (Å²) in [6.07, 6.45) is 5.46. The Morgan fingerprint density at radius 3 is 2.95 bits per heavy atom. The minimum atomic E-state index is 0.755. The third-order valence-corrected chi connectivity index (χ3v) is 4.38. The zero-order chi connectivity index (χ0) is 14.4. The van der Waals surface area contributed by atoms with Crippen LogP contribution in [-0.4, -0.2) is 36.1 Å². The molecule has 1 aromatic rings. The summed E-state index contributed by atoms with van der Waals surface area (Å²) in [5.41, 5.74) is 2.29. The highest BCUT2D eigenvalue weighted by atomic mass is 15.1. The molecule has 2 unspecified atom stereocenters. The van der Waals surface area contributed by atoms with Gasteiger partial charge in [-0.15, -0.1) is 0 Å². The maximum Gasteiger partial charge on any atom is 0.0547 e. The van der Waals surface area contributed by atoms with Gasteiger partial charge in [0.1, 0.15) is 0 Å². The van der Waals surface area contributed by atoms with Crippen LogP contribution < -0.4 is 5.32 Å². The molecule has 1 saturated carbocycles. The van der Waals surface area contributed by atoms with E-state index in [1.807, 2.05) is 0 Å². The van der Waals surface area contributed by atoms with Crippen molar-refractivity contribution in [2.75, 3.05) is 20.1 Å². The molecule has 0 amide bonds. The van der Waals surface area contributed by atoms with Crippen molar-refractivity contribution < 1.29 is 0 Å². The van der Waals surface area contributed by atoms with E-state index in [1.165, 1.54) is 37.9 Å². The van der Waals surface area contributed by atoms with E-state index in [0.29, 0.717) is 0 Å². The summed E-state index contributed by atoms with van der Waals surface area (Å²) in [7, 11) is 2.21. The van der Waals surface area contributed by atoms with Crippen molar-refractivity contribution in [1.82, 2.24) is 15.2 Å². The lowest BCUT2D eigenvalue weighted by Gasteiger charge is -2.23. The first-order valence-electron chi connectivity index (χ1n) is 8.03. The van der Waals surface area contributed by atoms with E-state index in [0.717, 1.165) is 30.7 Å². The predicted molar refractivity (Wildman–Crippen MR) is 84.7 cm³/mol. The van der Waals surface area contributed by atoms with Gasteiger partial charge in [0.05, 0.1) is 5.69 Å². The highest BCUT2D eigenvalue weighted by Crippen LogP contribution is 2.28. The minimum absolute atomic E-state index is 0.755. The van der Waals surface area contributed by atoms with Crippen LogP contribution in [0.2, 0.25) is 0 Å². The van der Waals surface area contributed by atoms with Crippen LogP contribution in [0.4, 0.5) is 0 Å². The average Bonchev–Trinajstić information content (AvgIpc) is 2.84. The van der Waals surface area contributed by atoms with Crippen LogP contribution in [0, 0.1) is 12.8 Å². The quantitative estimate of drug-likeness (QED) is 0.829. The maximum absolute atomic E-state index is 4.58. The SMILES string of the molecule is CCNC1CCCC1CCN(C)Cc1cccc(C)n1. The Balaban J connectivity index is 1.76. The monoisotopic (exact) mass is 275 g/mol. The number of hydrogen-bond donors (Lipinski definition) is 1. The summed E-state index contributed by atoms with van der Waals surface area (Å²) in [6, 6.07) is 7.04. The van der Waals surface area contributed by atoms with Crippen LogP contribution in [0.1, 0.15) is 44.0 Å². The molecule has 0 spiro atoms. The van der Waals surface area contributed by atoms with E-state index < -0.39 is 0 Å². The van der Waals surface area contributed by atoms with Gasteiger partial charge >= 0.3 is 0 Å². The molecule has 0 aromatic carbocycles. The predicted octanol–water partition coefficient (Wildman–Crippen LogP) is 2.99. The van der Waals surface area contributed by atoms with Gasteiger partial charge in [-0.3, -0.25) is 4.98 Å². The molecule has 0 aliphatic heterocycles. The molecule has 1 N–H and O–H groups in total. The second-order valence-electron chi connectivity index (χ2n) is 6.15. The summed E-state index contributed by atoms with van der Waals surface area (Å²) in [4.78, 5) is 6.99. The first-order valence-corrected chi connectivity index (χ1v) is 8.03. The van der Waals surface area contributed by atoms with Crippen LogP contribution in [0.3, 0.4) is 0 Å². The molecule has 1 aliphatic carbocycles. The molecule has 20 heavy (non-hydrogen) atoms. The maximum atomic E-state index is 4.58. The number of hydrogen-bond acceptors (Lipinski definition) is 3. The van der Waals surface area contributed by atoms with Gasteiger partial charge in [-0.1, -0.05) is 19.4 Å². The number of nitrogens with one attached hydrogen (secondary N) is 1. The topological polar surface area (TPSA) is 28.2 Å². The Morgan fingerprint density at radius 2 is 2.20 bits per heavy atom. The second kappa shape index (κ2) is 7.75. The first-order chi connectivity index (χ1) is 9.69. The smallest absolute Gasteiger partial charge is 0.0547 e. The van der Waals surface area contributed by atoms with Crippen LogP contribution in [0.15, 0.2) is 18.2 Å². The normalized spacial score (nSPS) is 22.6. The Hall–Kier alpha value is -0.930. The van der Waals surface area contributed by atoms with Crippen molar-refractivity contribution in [3.63, 3.8) is 0 Å². The Labute approximate surface area is 123 Å². The zero-order valence-electron chi connectivity index (χ0n) is 13.2. The molecular formula is C17H29N3. The van der Waals surface area contributed by atoms with E-state index in [2.05, 4.69) is 54.3 Å². The molecule has 1 fully saturated rings. The fourth-order valence-corrected chi connectivity index (χ4v) is 3.34. The van der Waals surface area contributed by atoms with Gasteiger partial charge in [-0.25, -0.2) is 0 Å². The minimum Gasteiger partial charge on any atom is -0.314 e. The molecule has 1 aliphatic rings. The Morgan fingerprint density at radius 1 is 1.35 bits per heavy atom. The molecule has 1 aromatic heterocycles. The molecule has 1 heterocycles. The Kier molecular flexibility index (Phi) is 5.99. The molecule has 3 nitrogen and oxygen atoms in total. The highest BCUT2D eigenvalue weighted by Gasteiger charge is 2.26. The summed E-state index contributed by atoms with van der Waals surface area (Å²) in [5.74, 6) is 0.864. The summed E-state index contributed by atoms with van der Waals surface area (Å²) < 4.78 is 0. The fourth-order valence-electron chi connectivity index (χ4n) is 3.34. The molecule has 0 bridgehead atoms. The fraction of sp³-hybridized carbons (Fsp3) is 0.706. The van der Waals surface area contributed by atoms with Crippen molar-refractivity contribution in [2.45, 2.75) is 52.1 Å². The van der Waals surface area contributed by atoms with Crippen LogP contribution in [0.25, 0.3) is 0 Å². The lowest BCUT2D eigenvalue weighted by Crippen LogP contribution is -2.34. The van der Waals surface area contributed by atoms with Crippen molar-refractivity contribution in [3.8, 4) is 0 Å². The van der Waals surface area contributed by atoms with Crippen molar-refractivity contribution in [2.24, 2.45) is 5.92 Å². The summed E-state index contributed by atoms with van der Waals surface area (Å²) in [6.45, 7) is 7.50. The van der Waals surface area contributed by atoms with Gasteiger partial charge in [0.15, 0.2) is 0 Å².